The molecule has 0 atom stereocenters. The van der Waals surface area contributed by atoms with Crippen LogP contribution < -0.4 is 5.49 Å². The van der Waals surface area contributed by atoms with Gasteiger partial charge in [-0.05, 0) is 12.1 Å². The molecule has 0 aliphatic rings. The molecule has 1 aromatic heterocycles. The number of carbonyl (C=O) groups excluding carboxylic acids is 1. The van der Waals surface area contributed by atoms with Gasteiger partial charge < -0.3 is 4.57 Å². The first-order chi connectivity index (χ1) is 6.11. The van der Waals surface area contributed by atoms with E-state index in [0.29, 0.717) is 5.49 Å². The highest BCUT2D eigenvalue weighted by Crippen LogP contribution is 1.93. The van der Waals surface area contributed by atoms with Crippen LogP contribution >= 0.6 is 0 Å². The zero-order valence-electron chi connectivity index (χ0n) is 8.19. The van der Waals surface area contributed by atoms with Crippen LogP contribution in [0.15, 0.2) is 29.4 Å². The van der Waals surface area contributed by atoms with E-state index in [2.05, 4.69) is 4.99 Å². The van der Waals surface area contributed by atoms with Crippen LogP contribution in [0, 0.1) is 5.92 Å². The normalized spacial score (nSPS) is 12.2. The topological polar surface area (TPSA) is 34.4 Å². The predicted molar refractivity (Wildman–Crippen MR) is 50.8 cm³/mol. The highest BCUT2D eigenvalue weighted by atomic mass is 16.1. The van der Waals surface area contributed by atoms with Crippen molar-refractivity contribution in [2.45, 2.75) is 13.8 Å². The maximum absolute atomic E-state index is 11.3. The van der Waals surface area contributed by atoms with Gasteiger partial charge in [-0.3, -0.25) is 4.79 Å². The fraction of sp³-hybridized carbons (Fsp3) is 0.400. The van der Waals surface area contributed by atoms with E-state index in [-0.39, 0.29) is 11.8 Å². The van der Waals surface area contributed by atoms with Gasteiger partial charge in [-0.15, -0.1) is 0 Å². The molecule has 0 bridgehead atoms. The molecule has 0 aromatic carbocycles. The minimum atomic E-state index is -0.0817. The molecule has 0 aliphatic heterocycles. The summed E-state index contributed by atoms with van der Waals surface area (Å²) in [6, 6.07) is 5.59. The largest absolute Gasteiger partial charge is 0.336 e. The minimum Gasteiger partial charge on any atom is -0.336 e. The van der Waals surface area contributed by atoms with E-state index in [4.69, 9.17) is 0 Å². The molecule has 13 heavy (non-hydrogen) atoms. The second-order valence-corrected chi connectivity index (χ2v) is 3.27. The van der Waals surface area contributed by atoms with Crippen molar-refractivity contribution in [1.29, 1.82) is 0 Å². The Balaban J connectivity index is 3.08. The second kappa shape index (κ2) is 4.03. The Kier molecular flexibility index (Phi) is 3.01. The van der Waals surface area contributed by atoms with Crippen LogP contribution in [-0.4, -0.2) is 10.5 Å². The number of aromatic nitrogens is 1. The zero-order chi connectivity index (χ0) is 9.84. The molecule has 0 saturated heterocycles. The Hall–Kier alpha value is -1.38. The maximum Gasteiger partial charge on any atom is 0.250 e. The Labute approximate surface area is 77.7 Å². The van der Waals surface area contributed by atoms with E-state index >= 15 is 0 Å². The molecule has 1 rings (SSSR count). The van der Waals surface area contributed by atoms with Gasteiger partial charge in [0.25, 0.3) is 0 Å². The fourth-order valence-electron chi connectivity index (χ4n) is 0.872. The molecule has 0 radical (unpaired) electrons. The summed E-state index contributed by atoms with van der Waals surface area (Å²) in [5.41, 5.74) is 0.696. The van der Waals surface area contributed by atoms with E-state index in [1.54, 1.807) is 0 Å². The molecule has 70 valence electrons. The molecule has 0 saturated carbocycles. The summed E-state index contributed by atoms with van der Waals surface area (Å²) >= 11 is 0. The van der Waals surface area contributed by atoms with Gasteiger partial charge in [0.1, 0.15) is 5.49 Å². The third kappa shape index (κ3) is 2.54. The summed E-state index contributed by atoms with van der Waals surface area (Å²) in [5.74, 6) is -0.123. The van der Waals surface area contributed by atoms with Gasteiger partial charge in [0.15, 0.2) is 0 Å². The molecule has 0 spiro atoms. The van der Waals surface area contributed by atoms with Crippen molar-refractivity contribution in [3.8, 4) is 0 Å². The molecule has 3 nitrogen and oxygen atoms in total. The summed E-state index contributed by atoms with van der Waals surface area (Å²) in [5, 5.41) is 0. The second-order valence-electron chi connectivity index (χ2n) is 3.27. The van der Waals surface area contributed by atoms with E-state index < -0.39 is 0 Å². The van der Waals surface area contributed by atoms with E-state index in [0.717, 1.165) is 0 Å². The van der Waals surface area contributed by atoms with Crippen LogP contribution in [-0.2, 0) is 11.8 Å². The lowest BCUT2D eigenvalue weighted by Gasteiger charge is -1.99. The Bertz CT molecular complexity index is 363. The van der Waals surface area contributed by atoms with E-state index in [9.17, 15) is 4.79 Å². The average Bonchev–Trinajstić information content (AvgIpc) is 2.08. The van der Waals surface area contributed by atoms with E-state index in [1.165, 1.54) is 0 Å². The van der Waals surface area contributed by atoms with Crippen molar-refractivity contribution in [3.63, 3.8) is 0 Å². The first-order valence-corrected chi connectivity index (χ1v) is 4.31. The number of hydrogen-bond acceptors (Lipinski definition) is 1. The van der Waals surface area contributed by atoms with Crippen LogP contribution in [0.1, 0.15) is 13.8 Å². The molecule has 1 aromatic rings. The quantitative estimate of drug-likeness (QED) is 0.634. The highest BCUT2D eigenvalue weighted by Gasteiger charge is 2.03. The number of carbonyl (C=O) groups is 1. The molecule has 0 aliphatic carbocycles. The van der Waals surface area contributed by atoms with Crippen molar-refractivity contribution in [3.05, 3.63) is 29.9 Å². The molecule has 1 amide bonds. The predicted octanol–water partition coefficient (Wildman–Crippen LogP) is 1.11. The molecular weight excluding hydrogens is 164 g/mol. The molecule has 0 fully saturated rings. The molecular formula is C10H14N2O. The summed E-state index contributed by atoms with van der Waals surface area (Å²) in [4.78, 5) is 15.3. The molecule has 0 N–H and O–H groups in total. The van der Waals surface area contributed by atoms with E-state index in [1.807, 2.05) is 49.9 Å². The fourth-order valence-corrected chi connectivity index (χ4v) is 0.872. The zero-order valence-corrected chi connectivity index (χ0v) is 8.19. The maximum atomic E-state index is 11.3. The van der Waals surface area contributed by atoms with Crippen molar-refractivity contribution in [1.82, 2.24) is 4.57 Å². The van der Waals surface area contributed by atoms with Crippen molar-refractivity contribution < 1.29 is 4.79 Å². The standard InChI is InChI=1S/C10H14N2O/c1-8(2)10(13)11-9-6-4-5-7-12(9)3/h4-8H,1-3H3. The number of amides is 1. The first-order valence-electron chi connectivity index (χ1n) is 4.31. The van der Waals surface area contributed by atoms with Gasteiger partial charge in [0.2, 0.25) is 5.91 Å². The van der Waals surface area contributed by atoms with Crippen LogP contribution in [0.2, 0.25) is 0 Å². The van der Waals surface area contributed by atoms with Crippen LogP contribution in [0.4, 0.5) is 0 Å². The first kappa shape index (κ1) is 9.71. The third-order valence-corrected chi connectivity index (χ3v) is 1.75. The number of aryl methyl sites for hydroxylation is 1. The van der Waals surface area contributed by atoms with Gasteiger partial charge in [-0.25, -0.2) is 0 Å². The third-order valence-electron chi connectivity index (χ3n) is 1.75. The molecule has 0 unspecified atom stereocenters. The van der Waals surface area contributed by atoms with Crippen molar-refractivity contribution in [2.75, 3.05) is 0 Å². The summed E-state index contributed by atoms with van der Waals surface area (Å²) < 4.78 is 1.82. The smallest absolute Gasteiger partial charge is 0.250 e. The van der Waals surface area contributed by atoms with Crippen LogP contribution in [0.3, 0.4) is 0 Å². The molecule has 3 heteroatoms. The van der Waals surface area contributed by atoms with Gasteiger partial charge in [0.05, 0.1) is 0 Å². The minimum absolute atomic E-state index is 0.0415. The Morgan fingerprint density at radius 1 is 1.46 bits per heavy atom. The van der Waals surface area contributed by atoms with Gasteiger partial charge in [-0.2, -0.15) is 4.99 Å². The Morgan fingerprint density at radius 3 is 2.69 bits per heavy atom. The van der Waals surface area contributed by atoms with Crippen molar-refractivity contribution in [2.24, 2.45) is 18.0 Å². The lowest BCUT2D eigenvalue weighted by atomic mass is 10.2. The monoisotopic (exact) mass is 178 g/mol. The summed E-state index contributed by atoms with van der Waals surface area (Å²) in [6.45, 7) is 3.68. The van der Waals surface area contributed by atoms with Gasteiger partial charge in [0, 0.05) is 19.2 Å². The summed E-state index contributed by atoms with van der Waals surface area (Å²) in [7, 11) is 1.87. The van der Waals surface area contributed by atoms with Gasteiger partial charge in [-0.1, -0.05) is 19.9 Å². The van der Waals surface area contributed by atoms with Crippen LogP contribution in [0.25, 0.3) is 0 Å². The Morgan fingerprint density at radius 2 is 2.15 bits per heavy atom. The average molecular weight is 178 g/mol. The number of pyridine rings is 1. The number of hydrogen-bond donors (Lipinski definition) is 0. The number of nitrogens with zero attached hydrogens (tertiary/aromatic N) is 2. The highest BCUT2D eigenvalue weighted by molar-refractivity contribution is 5.78. The van der Waals surface area contributed by atoms with Crippen LogP contribution in [0.5, 0.6) is 0 Å². The SMILES string of the molecule is CC(C)C(=O)N=c1ccccn1C. The lowest BCUT2D eigenvalue weighted by molar-refractivity contribution is -0.120. The molecule has 1 heterocycles. The van der Waals surface area contributed by atoms with Gasteiger partial charge >= 0.3 is 0 Å². The number of rotatable bonds is 1. The lowest BCUT2D eigenvalue weighted by Crippen LogP contribution is -2.19. The summed E-state index contributed by atoms with van der Waals surface area (Å²) in [6.07, 6.45) is 1.87. The van der Waals surface area contributed by atoms with Crippen molar-refractivity contribution >= 4 is 5.91 Å².